The maximum Gasteiger partial charge on any atom is 0.0684 e. The van der Waals surface area contributed by atoms with Gasteiger partial charge in [-0.15, -0.1) is 5.73 Å². The molecular weight excluding hydrogens is 556 g/mol. The molecule has 1 atom stereocenters. The Balaban J connectivity index is 0.000000369. The Hall–Kier alpha value is -4.00. The second kappa shape index (κ2) is 17.6. The van der Waals surface area contributed by atoms with E-state index in [0.717, 1.165) is 57.4 Å². The molecule has 3 aromatic rings. The van der Waals surface area contributed by atoms with Gasteiger partial charge in [-0.25, -0.2) is 0 Å². The molecule has 1 aliphatic carbocycles. The standard InChI is InChI=1S/C31H36N2.C8H10.C5H12/c1-6-12-26-19-24-13-10-11-14-25(24)21-30(26)27-15-16-28(20-27)31-22-32(29(8-3)9-4)17-18-33(31)23(5)7-2;1-2-8-6-4-3-5-7-8;1-5(2,3)4/h7,10-11,13-16,19,21,31H,2-3,5-6,9,12,17-18,20,22H2,1,4H3;3-7H,2H2,1H3;1-4H3. The van der Waals surface area contributed by atoms with Crippen molar-refractivity contribution in [2.45, 2.75) is 86.6 Å². The van der Waals surface area contributed by atoms with Crippen molar-refractivity contribution >= 4 is 16.3 Å². The molecule has 2 aliphatic rings. The van der Waals surface area contributed by atoms with E-state index in [2.05, 4.69) is 157 Å². The molecule has 5 rings (SSSR count). The first-order chi connectivity index (χ1) is 22.0. The summed E-state index contributed by atoms with van der Waals surface area (Å²) in [4.78, 5) is 4.87. The maximum absolute atomic E-state index is 4.29. The van der Waals surface area contributed by atoms with E-state index in [1.54, 1.807) is 0 Å². The van der Waals surface area contributed by atoms with Gasteiger partial charge in [-0.05, 0) is 81.8 Å². The molecular formula is C44H58N2. The van der Waals surface area contributed by atoms with Crippen molar-refractivity contribution in [1.29, 1.82) is 0 Å². The molecule has 1 unspecified atom stereocenters. The number of piperazine rings is 1. The van der Waals surface area contributed by atoms with Crippen molar-refractivity contribution in [3.8, 4) is 0 Å². The zero-order valence-electron chi connectivity index (χ0n) is 29.8. The van der Waals surface area contributed by atoms with Crippen LogP contribution in [0.4, 0.5) is 0 Å². The maximum atomic E-state index is 4.29. The second-order valence-corrected chi connectivity index (χ2v) is 13.9. The Kier molecular flexibility index (Phi) is 14.0. The van der Waals surface area contributed by atoms with Gasteiger partial charge in [0, 0.05) is 25.3 Å². The number of allylic oxidation sites excluding steroid dienone is 5. The summed E-state index contributed by atoms with van der Waals surface area (Å²) >= 11 is 0. The second-order valence-electron chi connectivity index (χ2n) is 13.9. The lowest BCUT2D eigenvalue weighted by Gasteiger charge is -2.45. The number of nitrogens with zero attached hydrogens (tertiary/aromatic N) is 2. The Labute approximate surface area is 281 Å². The average Bonchev–Trinajstić information content (AvgIpc) is 3.55. The van der Waals surface area contributed by atoms with E-state index < -0.39 is 0 Å². The van der Waals surface area contributed by atoms with Crippen molar-refractivity contribution in [1.82, 2.24) is 9.80 Å². The fourth-order valence-corrected chi connectivity index (χ4v) is 6.00. The zero-order chi connectivity index (χ0) is 33.7. The smallest absolute Gasteiger partial charge is 0.0684 e. The van der Waals surface area contributed by atoms with Crippen molar-refractivity contribution in [3.05, 3.63) is 144 Å². The van der Waals surface area contributed by atoms with Crippen LogP contribution in [0, 0.1) is 5.41 Å². The lowest BCUT2D eigenvalue weighted by atomic mass is 9.90. The van der Waals surface area contributed by atoms with E-state index in [-0.39, 0.29) is 6.04 Å². The highest BCUT2D eigenvalue weighted by atomic mass is 15.3. The topological polar surface area (TPSA) is 6.48 Å². The normalized spacial score (nSPS) is 15.8. The van der Waals surface area contributed by atoms with Crippen LogP contribution in [0.5, 0.6) is 0 Å². The van der Waals surface area contributed by atoms with Crippen LogP contribution in [0.25, 0.3) is 16.3 Å². The van der Waals surface area contributed by atoms with Gasteiger partial charge < -0.3 is 9.80 Å². The van der Waals surface area contributed by atoms with E-state index in [1.165, 1.54) is 44.3 Å². The van der Waals surface area contributed by atoms with Crippen LogP contribution in [-0.4, -0.2) is 35.5 Å². The summed E-state index contributed by atoms with van der Waals surface area (Å²) < 4.78 is 0. The first-order valence-corrected chi connectivity index (χ1v) is 17.2. The summed E-state index contributed by atoms with van der Waals surface area (Å²) in [7, 11) is 0. The highest BCUT2D eigenvalue weighted by Gasteiger charge is 2.32. The highest BCUT2D eigenvalue weighted by molar-refractivity contribution is 5.89. The van der Waals surface area contributed by atoms with Gasteiger partial charge in [-0.3, -0.25) is 0 Å². The van der Waals surface area contributed by atoms with Gasteiger partial charge in [0.15, 0.2) is 0 Å². The van der Waals surface area contributed by atoms with Gasteiger partial charge in [0.2, 0.25) is 0 Å². The number of hydrogen-bond acceptors (Lipinski definition) is 2. The molecule has 0 N–H and O–H groups in total. The van der Waals surface area contributed by atoms with Crippen molar-refractivity contribution in [2.75, 3.05) is 19.6 Å². The molecule has 0 saturated carbocycles. The lowest BCUT2D eigenvalue weighted by molar-refractivity contribution is 0.147. The number of hydrogen-bond donors (Lipinski definition) is 0. The number of benzene rings is 3. The SMILES string of the molecule is C=C=C(CC)N1CCN(C(=C)C=C)C(C2=CC=C(c3cc4ccccc4cc3CCC)C2)C1.CC(C)(C)C.CCc1ccccc1. The molecule has 244 valence electrons. The number of fused-ring (bicyclic) bond motifs is 1. The molecule has 2 heteroatoms. The van der Waals surface area contributed by atoms with E-state index in [9.17, 15) is 0 Å². The summed E-state index contributed by atoms with van der Waals surface area (Å²) in [6.07, 6.45) is 11.9. The number of rotatable bonds is 9. The van der Waals surface area contributed by atoms with Crippen molar-refractivity contribution in [3.63, 3.8) is 0 Å². The largest absolute Gasteiger partial charge is 0.364 e. The third-order valence-corrected chi connectivity index (χ3v) is 8.31. The minimum absolute atomic E-state index is 0.281. The van der Waals surface area contributed by atoms with Crippen LogP contribution in [-0.2, 0) is 12.8 Å². The molecule has 2 nitrogen and oxygen atoms in total. The molecule has 46 heavy (non-hydrogen) atoms. The Morgan fingerprint density at radius 2 is 1.54 bits per heavy atom. The quantitative estimate of drug-likeness (QED) is 0.175. The predicted molar refractivity (Wildman–Crippen MR) is 204 cm³/mol. The van der Waals surface area contributed by atoms with E-state index in [0.29, 0.717) is 5.41 Å². The molecule has 0 radical (unpaired) electrons. The van der Waals surface area contributed by atoms with E-state index in [4.69, 9.17) is 0 Å². The van der Waals surface area contributed by atoms with Crippen LogP contribution >= 0.6 is 0 Å². The fourth-order valence-electron chi connectivity index (χ4n) is 6.00. The molecule has 1 fully saturated rings. The Bertz CT molecular complexity index is 1550. The molecule has 0 bridgehead atoms. The molecule has 0 amide bonds. The molecule has 0 aromatic heterocycles. The van der Waals surface area contributed by atoms with Crippen molar-refractivity contribution < 1.29 is 0 Å². The van der Waals surface area contributed by atoms with Crippen LogP contribution in [0.3, 0.4) is 0 Å². The Morgan fingerprint density at radius 3 is 2.09 bits per heavy atom. The summed E-state index contributed by atoms with van der Waals surface area (Å²) in [5.41, 5.74) is 13.0. The Morgan fingerprint density at radius 1 is 0.913 bits per heavy atom. The van der Waals surface area contributed by atoms with Crippen LogP contribution in [0.2, 0.25) is 0 Å². The minimum Gasteiger partial charge on any atom is -0.364 e. The van der Waals surface area contributed by atoms with Gasteiger partial charge >= 0.3 is 0 Å². The molecule has 3 aromatic carbocycles. The monoisotopic (exact) mass is 614 g/mol. The van der Waals surface area contributed by atoms with Gasteiger partial charge in [-0.1, -0.05) is 147 Å². The van der Waals surface area contributed by atoms with Gasteiger partial charge in [0.25, 0.3) is 0 Å². The fraction of sp³-hybridized carbons (Fsp3) is 0.386. The average molecular weight is 615 g/mol. The van der Waals surface area contributed by atoms with Crippen molar-refractivity contribution in [2.24, 2.45) is 5.41 Å². The molecule has 0 spiro atoms. The summed E-state index contributed by atoms with van der Waals surface area (Å²) in [6.45, 7) is 30.4. The third-order valence-electron chi connectivity index (χ3n) is 8.31. The summed E-state index contributed by atoms with van der Waals surface area (Å²) in [5.74, 6) is 0. The van der Waals surface area contributed by atoms with Crippen LogP contribution < -0.4 is 0 Å². The molecule has 1 heterocycles. The predicted octanol–water partition coefficient (Wildman–Crippen LogP) is 11.6. The van der Waals surface area contributed by atoms with Gasteiger partial charge in [-0.2, -0.15) is 0 Å². The lowest BCUT2D eigenvalue weighted by Crippen LogP contribution is -2.52. The highest BCUT2D eigenvalue weighted by Crippen LogP contribution is 2.37. The van der Waals surface area contributed by atoms with E-state index >= 15 is 0 Å². The van der Waals surface area contributed by atoms with Crippen LogP contribution in [0.15, 0.2) is 127 Å². The van der Waals surface area contributed by atoms with Crippen LogP contribution in [0.1, 0.15) is 84.4 Å². The first kappa shape index (κ1) is 36.5. The molecule has 1 saturated heterocycles. The summed E-state index contributed by atoms with van der Waals surface area (Å²) in [6, 6.07) is 24.2. The zero-order valence-corrected chi connectivity index (χ0v) is 29.8. The first-order valence-electron chi connectivity index (χ1n) is 17.2. The third kappa shape index (κ3) is 10.5. The van der Waals surface area contributed by atoms with E-state index in [1.807, 2.05) is 12.1 Å². The molecule has 1 aliphatic heterocycles. The van der Waals surface area contributed by atoms with Gasteiger partial charge in [0.1, 0.15) is 0 Å². The minimum atomic E-state index is 0.281. The summed E-state index contributed by atoms with van der Waals surface area (Å²) in [5, 5.41) is 2.65. The number of aryl methyl sites for hydroxylation is 2. The van der Waals surface area contributed by atoms with Gasteiger partial charge in [0.05, 0.1) is 11.7 Å².